The minimum absolute atomic E-state index is 1.07. The molecule has 1 radical (unpaired) electrons. The Morgan fingerprint density at radius 3 is 3.12 bits per heavy atom. The number of nitrogens with zero attached hydrogens (tertiary/aromatic N) is 2. The third-order valence-corrected chi connectivity index (χ3v) is 1.52. The lowest BCUT2D eigenvalue weighted by Crippen LogP contribution is -1.73. The van der Waals surface area contributed by atoms with Crippen molar-refractivity contribution in [3.05, 3.63) is 11.1 Å². The average molecular weight is 127 g/mol. The molecule has 0 unspecified atom stereocenters. The first-order chi connectivity index (χ1) is 3.93. The van der Waals surface area contributed by atoms with E-state index in [1.54, 1.807) is 0 Å². The molecule has 0 aliphatic rings. The lowest BCUT2D eigenvalue weighted by atomic mass is 10.3. The van der Waals surface area contributed by atoms with Gasteiger partial charge in [0, 0.05) is 0 Å². The van der Waals surface area contributed by atoms with Crippen LogP contribution in [0, 0.1) is 6.20 Å². The Morgan fingerprint density at radius 1 is 1.75 bits per heavy atom. The topological polar surface area (TPSA) is 25.8 Å². The highest BCUT2D eigenvalue weighted by Crippen LogP contribution is 2.02. The van der Waals surface area contributed by atoms with Crippen molar-refractivity contribution in [2.24, 2.45) is 0 Å². The Balaban J connectivity index is 2.50. The fourth-order valence-corrected chi connectivity index (χ4v) is 1.05. The van der Waals surface area contributed by atoms with Crippen molar-refractivity contribution >= 4 is 11.5 Å². The maximum absolute atomic E-state index is 3.68. The summed E-state index contributed by atoms with van der Waals surface area (Å²) in [6.45, 7) is 2.13. The van der Waals surface area contributed by atoms with Crippen molar-refractivity contribution in [3.63, 3.8) is 0 Å². The Labute approximate surface area is 52.7 Å². The quantitative estimate of drug-likeness (QED) is 0.598. The summed E-state index contributed by atoms with van der Waals surface area (Å²) in [5.41, 5.74) is 0. The molecule has 43 valence electrons. The monoisotopic (exact) mass is 127 g/mol. The summed E-state index contributed by atoms with van der Waals surface area (Å²) in [6.07, 6.45) is 5.02. The van der Waals surface area contributed by atoms with E-state index in [9.17, 15) is 0 Å². The van der Waals surface area contributed by atoms with Gasteiger partial charge in [-0.25, -0.2) is 0 Å². The van der Waals surface area contributed by atoms with Gasteiger partial charge in [0.1, 0.15) is 6.20 Å². The molecule has 0 fully saturated rings. The van der Waals surface area contributed by atoms with E-state index in [0.29, 0.717) is 0 Å². The fraction of sp³-hybridized carbons (Fsp3) is 0.600. The summed E-state index contributed by atoms with van der Waals surface area (Å²) in [7, 11) is 0. The van der Waals surface area contributed by atoms with Crippen molar-refractivity contribution in [1.29, 1.82) is 0 Å². The summed E-state index contributed by atoms with van der Waals surface area (Å²) in [6, 6.07) is 0. The molecule has 2 nitrogen and oxygen atoms in total. The molecule has 0 amide bonds. The number of hydrogen-bond donors (Lipinski definition) is 0. The first-order valence-electron chi connectivity index (χ1n) is 2.62. The molecule has 0 spiro atoms. The molecule has 0 N–H and O–H groups in total. The predicted molar refractivity (Wildman–Crippen MR) is 32.7 cm³/mol. The van der Waals surface area contributed by atoms with Crippen LogP contribution in [-0.4, -0.2) is 9.59 Å². The van der Waals surface area contributed by atoms with Gasteiger partial charge < -0.3 is 0 Å². The average Bonchev–Trinajstić information content (AvgIpc) is 2.19. The van der Waals surface area contributed by atoms with Gasteiger partial charge in [-0.2, -0.15) is 0 Å². The van der Waals surface area contributed by atoms with Crippen molar-refractivity contribution < 1.29 is 0 Å². The SMILES string of the molecule is CCCc1[c]nns1. The van der Waals surface area contributed by atoms with Crippen LogP contribution in [0.15, 0.2) is 0 Å². The fourth-order valence-electron chi connectivity index (χ4n) is 0.495. The molecular formula is C5H7N2S. The molecule has 1 heterocycles. The largest absolute Gasteiger partial charge is 0.136 e. The third kappa shape index (κ3) is 1.26. The van der Waals surface area contributed by atoms with Crippen LogP contribution in [0.25, 0.3) is 0 Å². The van der Waals surface area contributed by atoms with E-state index in [2.05, 4.69) is 22.7 Å². The van der Waals surface area contributed by atoms with Gasteiger partial charge >= 0.3 is 0 Å². The Bertz CT molecular complexity index is 136. The number of aromatic nitrogens is 2. The third-order valence-electron chi connectivity index (χ3n) is 0.844. The first kappa shape index (κ1) is 5.69. The molecule has 0 aliphatic carbocycles. The number of hydrogen-bond acceptors (Lipinski definition) is 3. The molecule has 0 bridgehead atoms. The summed E-state index contributed by atoms with van der Waals surface area (Å²) in [5, 5.41) is 3.58. The lowest BCUT2D eigenvalue weighted by molar-refractivity contribution is 0.933. The second-order valence-electron chi connectivity index (χ2n) is 1.56. The van der Waals surface area contributed by atoms with Crippen molar-refractivity contribution in [3.8, 4) is 0 Å². The van der Waals surface area contributed by atoms with Crippen molar-refractivity contribution in [2.45, 2.75) is 19.8 Å². The Morgan fingerprint density at radius 2 is 2.62 bits per heavy atom. The molecule has 3 heteroatoms. The highest BCUT2D eigenvalue weighted by molar-refractivity contribution is 7.05. The van der Waals surface area contributed by atoms with E-state index in [-0.39, 0.29) is 0 Å². The molecule has 8 heavy (non-hydrogen) atoms. The summed E-state index contributed by atoms with van der Waals surface area (Å²) >= 11 is 1.43. The summed E-state index contributed by atoms with van der Waals surface area (Å²) < 4.78 is 3.68. The van der Waals surface area contributed by atoms with Crippen LogP contribution < -0.4 is 0 Å². The lowest BCUT2D eigenvalue weighted by Gasteiger charge is -1.81. The first-order valence-corrected chi connectivity index (χ1v) is 3.39. The molecule has 0 saturated carbocycles. The van der Waals surface area contributed by atoms with Crippen LogP contribution in [0.1, 0.15) is 18.2 Å². The zero-order chi connectivity index (χ0) is 5.82. The zero-order valence-electron chi connectivity index (χ0n) is 4.72. The molecule has 1 aromatic heterocycles. The maximum atomic E-state index is 3.68. The van der Waals surface area contributed by atoms with Crippen LogP contribution in [-0.2, 0) is 6.42 Å². The van der Waals surface area contributed by atoms with E-state index in [1.165, 1.54) is 11.5 Å². The highest BCUT2D eigenvalue weighted by Gasteiger charge is 1.91. The standard InChI is InChI=1S/C5H7N2S/c1-2-3-5-4-6-7-8-5/h2-3H2,1H3. The van der Waals surface area contributed by atoms with Gasteiger partial charge in [0.05, 0.1) is 4.88 Å². The van der Waals surface area contributed by atoms with E-state index in [0.717, 1.165) is 17.7 Å². The minimum atomic E-state index is 1.07. The van der Waals surface area contributed by atoms with Crippen molar-refractivity contribution in [1.82, 2.24) is 9.59 Å². The van der Waals surface area contributed by atoms with E-state index in [4.69, 9.17) is 0 Å². The molecule has 1 aromatic rings. The molecule has 0 aromatic carbocycles. The summed E-state index contributed by atoms with van der Waals surface area (Å²) in [5.74, 6) is 0. The minimum Gasteiger partial charge on any atom is -0.136 e. The van der Waals surface area contributed by atoms with E-state index >= 15 is 0 Å². The van der Waals surface area contributed by atoms with Gasteiger partial charge in [-0.1, -0.05) is 17.8 Å². The van der Waals surface area contributed by atoms with E-state index in [1.807, 2.05) is 0 Å². The smallest absolute Gasteiger partial charge is 0.130 e. The van der Waals surface area contributed by atoms with Gasteiger partial charge in [-0.05, 0) is 18.0 Å². The van der Waals surface area contributed by atoms with Gasteiger partial charge in [-0.15, -0.1) is 5.10 Å². The Kier molecular flexibility index (Phi) is 1.97. The van der Waals surface area contributed by atoms with Crippen molar-refractivity contribution in [2.75, 3.05) is 0 Å². The van der Waals surface area contributed by atoms with E-state index < -0.39 is 0 Å². The van der Waals surface area contributed by atoms with Crippen LogP contribution in [0.5, 0.6) is 0 Å². The molecule has 0 aliphatic heterocycles. The van der Waals surface area contributed by atoms with Crippen LogP contribution in [0.4, 0.5) is 0 Å². The zero-order valence-corrected chi connectivity index (χ0v) is 5.53. The van der Waals surface area contributed by atoms with Gasteiger partial charge in [-0.3, -0.25) is 0 Å². The van der Waals surface area contributed by atoms with Crippen LogP contribution in [0.3, 0.4) is 0 Å². The summed E-state index contributed by atoms with van der Waals surface area (Å²) in [4.78, 5) is 1.16. The maximum Gasteiger partial charge on any atom is 0.130 e. The van der Waals surface area contributed by atoms with Gasteiger partial charge in [0.15, 0.2) is 0 Å². The van der Waals surface area contributed by atoms with Gasteiger partial charge in [0.2, 0.25) is 0 Å². The molecule has 0 saturated heterocycles. The predicted octanol–water partition coefficient (Wildman–Crippen LogP) is 1.29. The van der Waals surface area contributed by atoms with Crippen LogP contribution in [0.2, 0.25) is 0 Å². The normalized spacial score (nSPS) is 9.62. The Hall–Kier alpha value is -0.440. The second-order valence-corrected chi connectivity index (χ2v) is 2.40. The highest BCUT2D eigenvalue weighted by atomic mass is 32.1. The second kappa shape index (κ2) is 2.77. The molecular weight excluding hydrogens is 120 g/mol. The van der Waals surface area contributed by atoms with Gasteiger partial charge in [0.25, 0.3) is 0 Å². The molecule has 1 rings (SSSR count). The van der Waals surface area contributed by atoms with Crippen LogP contribution >= 0.6 is 11.5 Å². The number of rotatable bonds is 2. The number of aryl methyl sites for hydroxylation is 1. The molecule has 0 atom stereocenters.